The number of amides is 1. The lowest BCUT2D eigenvalue weighted by Crippen LogP contribution is -2.44. The van der Waals surface area contributed by atoms with Crippen molar-refractivity contribution in [3.63, 3.8) is 0 Å². The third-order valence-electron chi connectivity index (χ3n) is 3.15. The predicted octanol–water partition coefficient (Wildman–Crippen LogP) is -0.0160. The SMILES string of the molecule is CN(CC1CCCCN1)C(=O)c1ccc(=O)[nH]n1. The molecule has 1 fully saturated rings. The first-order chi connectivity index (χ1) is 8.66. The van der Waals surface area contributed by atoms with Gasteiger partial charge in [-0.2, -0.15) is 5.10 Å². The van der Waals surface area contributed by atoms with Crippen molar-refractivity contribution in [1.29, 1.82) is 0 Å². The average Bonchev–Trinajstić information content (AvgIpc) is 2.40. The number of aromatic nitrogens is 2. The summed E-state index contributed by atoms with van der Waals surface area (Å²) in [5, 5.41) is 9.41. The number of hydrogen-bond donors (Lipinski definition) is 2. The van der Waals surface area contributed by atoms with Gasteiger partial charge in [-0.3, -0.25) is 9.59 Å². The Bertz CT molecular complexity index is 445. The third-order valence-corrected chi connectivity index (χ3v) is 3.15. The zero-order valence-electron chi connectivity index (χ0n) is 10.5. The van der Waals surface area contributed by atoms with E-state index in [1.54, 1.807) is 11.9 Å². The molecular weight excluding hydrogens is 232 g/mol. The second-order valence-corrected chi connectivity index (χ2v) is 4.64. The molecule has 2 N–H and O–H groups in total. The van der Waals surface area contributed by atoms with E-state index >= 15 is 0 Å². The highest BCUT2D eigenvalue weighted by atomic mass is 16.2. The molecule has 0 spiro atoms. The van der Waals surface area contributed by atoms with Crippen LogP contribution in [0.3, 0.4) is 0 Å². The van der Waals surface area contributed by atoms with Crippen molar-refractivity contribution in [3.05, 3.63) is 28.2 Å². The second kappa shape index (κ2) is 5.77. The molecule has 0 bridgehead atoms. The second-order valence-electron chi connectivity index (χ2n) is 4.64. The molecule has 18 heavy (non-hydrogen) atoms. The minimum atomic E-state index is -0.303. The Labute approximate surface area is 105 Å². The Hall–Kier alpha value is -1.69. The topological polar surface area (TPSA) is 78.1 Å². The maximum atomic E-state index is 12.0. The van der Waals surface area contributed by atoms with Crippen LogP contribution >= 0.6 is 0 Å². The van der Waals surface area contributed by atoms with Gasteiger partial charge in [0.2, 0.25) is 0 Å². The molecule has 0 aromatic carbocycles. The fourth-order valence-corrected chi connectivity index (χ4v) is 2.15. The van der Waals surface area contributed by atoms with Gasteiger partial charge in [0.15, 0.2) is 0 Å². The summed E-state index contributed by atoms with van der Waals surface area (Å²) >= 11 is 0. The van der Waals surface area contributed by atoms with Gasteiger partial charge in [-0.05, 0) is 25.5 Å². The van der Waals surface area contributed by atoms with Gasteiger partial charge in [0, 0.05) is 25.7 Å². The molecule has 1 atom stereocenters. The highest BCUT2D eigenvalue weighted by Gasteiger charge is 2.19. The molecular formula is C12H18N4O2. The number of piperidine rings is 1. The first kappa shape index (κ1) is 12.8. The molecule has 98 valence electrons. The van der Waals surface area contributed by atoms with Gasteiger partial charge < -0.3 is 10.2 Å². The van der Waals surface area contributed by atoms with Crippen LogP contribution in [0.15, 0.2) is 16.9 Å². The lowest BCUT2D eigenvalue weighted by molar-refractivity contribution is 0.0768. The molecule has 1 aromatic heterocycles. The fourth-order valence-electron chi connectivity index (χ4n) is 2.15. The van der Waals surface area contributed by atoms with Crippen molar-refractivity contribution in [2.45, 2.75) is 25.3 Å². The van der Waals surface area contributed by atoms with Gasteiger partial charge in [-0.15, -0.1) is 0 Å². The van der Waals surface area contributed by atoms with Gasteiger partial charge in [-0.1, -0.05) is 6.42 Å². The maximum absolute atomic E-state index is 12.0. The van der Waals surface area contributed by atoms with Crippen molar-refractivity contribution < 1.29 is 4.79 Å². The Morgan fingerprint density at radius 3 is 2.94 bits per heavy atom. The molecule has 6 heteroatoms. The first-order valence-corrected chi connectivity index (χ1v) is 6.21. The van der Waals surface area contributed by atoms with Crippen LogP contribution in [0.2, 0.25) is 0 Å². The molecule has 1 aromatic rings. The van der Waals surface area contributed by atoms with E-state index in [0.29, 0.717) is 12.6 Å². The van der Waals surface area contributed by atoms with E-state index in [4.69, 9.17) is 0 Å². The summed E-state index contributed by atoms with van der Waals surface area (Å²) in [7, 11) is 1.76. The Morgan fingerprint density at radius 2 is 2.33 bits per heavy atom. The number of carbonyl (C=O) groups excluding carboxylic acids is 1. The minimum absolute atomic E-state index is 0.168. The van der Waals surface area contributed by atoms with E-state index in [9.17, 15) is 9.59 Å². The molecule has 1 aliphatic rings. The third kappa shape index (κ3) is 3.16. The van der Waals surface area contributed by atoms with E-state index in [1.807, 2.05) is 0 Å². The number of aromatic amines is 1. The van der Waals surface area contributed by atoms with Crippen LogP contribution in [0.25, 0.3) is 0 Å². The number of likely N-dealkylation sites (N-methyl/N-ethyl adjacent to an activating group) is 1. The van der Waals surface area contributed by atoms with Crippen LogP contribution in [-0.4, -0.2) is 47.2 Å². The number of carbonyl (C=O) groups is 1. The van der Waals surface area contributed by atoms with Crippen LogP contribution in [0.5, 0.6) is 0 Å². The number of nitrogens with one attached hydrogen (secondary N) is 2. The lowest BCUT2D eigenvalue weighted by atomic mass is 10.0. The lowest BCUT2D eigenvalue weighted by Gasteiger charge is -2.28. The van der Waals surface area contributed by atoms with Crippen LogP contribution in [0.1, 0.15) is 29.8 Å². The van der Waals surface area contributed by atoms with Gasteiger partial charge in [0.1, 0.15) is 5.69 Å². The molecule has 1 amide bonds. The molecule has 0 saturated carbocycles. The fraction of sp³-hybridized carbons (Fsp3) is 0.583. The zero-order chi connectivity index (χ0) is 13.0. The summed E-state index contributed by atoms with van der Waals surface area (Å²) in [5.74, 6) is -0.168. The summed E-state index contributed by atoms with van der Waals surface area (Å²) in [6, 6.07) is 3.12. The van der Waals surface area contributed by atoms with Gasteiger partial charge in [0.05, 0.1) is 0 Å². The molecule has 1 unspecified atom stereocenters. The number of rotatable bonds is 3. The summed E-state index contributed by atoms with van der Waals surface area (Å²) in [5.41, 5.74) is -0.0314. The number of hydrogen-bond acceptors (Lipinski definition) is 4. The highest BCUT2D eigenvalue weighted by molar-refractivity contribution is 5.91. The first-order valence-electron chi connectivity index (χ1n) is 6.21. The smallest absolute Gasteiger partial charge is 0.274 e. The minimum Gasteiger partial charge on any atom is -0.339 e. The Morgan fingerprint density at radius 1 is 1.50 bits per heavy atom. The van der Waals surface area contributed by atoms with Gasteiger partial charge in [0.25, 0.3) is 11.5 Å². The summed E-state index contributed by atoms with van der Waals surface area (Å²) in [6.07, 6.45) is 3.50. The van der Waals surface area contributed by atoms with Crippen LogP contribution < -0.4 is 10.9 Å². The van der Waals surface area contributed by atoms with E-state index in [0.717, 1.165) is 13.0 Å². The van der Waals surface area contributed by atoms with Crippen LogP contribution in [0, 0.1) is 0 Å². The molecule has 2 heterocycles. The largest absolute Gasteiger partial charge is 0.339 e. The summed E-state index contributed by atoms with van der Waals surface area (Å²) in [4.78, 5) is 24.6. The molecule has 2 rings (SSSR count). The monoisotopic (exact) mass is 250 g/mol. The highest BCUT2D eigenvalue weighted by Crippen LogP contribution is 2.08. The van der Waals surface area contributed by atoms with Crippen molar-refractivity contribution in [2.24, 2.45) is 0 Å². The van der Waals surface area contributed by atoms with E-state index in [1.165, 1.54) is 25.0 Å². The molecule has 0 radical (unpaired) electrons. The molecule has 0 aliphatic carbocycles. The Balaban J connectivity index is 1.95. The van der Waals surface area contributed by atoms with Gasteiger partial charge in [-0.25, -0.2) is 5.10 Å². The van der Waals surface area contributed by atoms with Crippen LogP contribution in [-0.2, 0) is 0 Å². The summed E-state index contributed by atoms with van der Waals surface area (Å²) < 4.78 is 0. The van der Waals surface area contributed by atoms with Crippen molar-refractivity contribution in [3.8, 4) is 0 Å². The van der Waals surface area contributed by atoms with E-state index < -0.39 is 0 Å². The summed E-state index contributed by atoms with van der Waals surface area (Å²) in [6.45, 7) is 1.68. The zero-order valence-corrected chi connectivity index (χ0v) is 10.5. The standard InChI is InChI=1S/C12H18N4O2/c1-16(8-9-4-2-3-7-13-9)12(18)10-5-6-11(17)15-14-10/h5-6,9,13H,2-4,7-8H2,1H3,(H,15,17). The number of H-pyrrole nitrogens is 1. The van der Waals surface area contributed by atoms with Gasteiger partial charge >= 0.3 is 0 Å². The number of nitrogens with zero attached hydrogens (tertiary/aromatic N) is 2. The molecule has 1 saturated heterocycles. The van der Waals surface area contributed by atoms with E-state index in [-0.39, 0.29) is 17.2 Å². The maximum Gasteiger partial charge on any atom is 0.274 e. The normalized spacial score (nSPS) is 19.5. The van der Waals surface area contributed by atoms with Crippen molar-refractivity contribution in [1.82, 2.24) is 20.4 Å². The van der Waals surface area contributed by atoms with E-state index in [2.05, 4.69) is 15.5 Å². The van der Waals surface area contributed by atoms with Crippen LogP contribution in [0.4, 0.5) is 0 Å². The quantitative estimate of drug-likeness (QED) is 0.790. The molecule has 6 nitrogen and oxygen atoms in total. The van der Waals surface area contributed by atoms with Crippen molar-refractivity contribution >= 4 is 5.91 Å². The Kier molecular flexibility index (Phi) is 4.09. The average molecular weight is 250 g/mol. The molecule has 1 aliphatic heterocycles. The van der Waals surface area contributed by atoms with Crippen molar-refractivity contribution in [2.75, 3.05) is 20.1 Å². The predicted molar refractivity (Wildman–Crippen MR) is 67.5 cm³/mol.